The Kier molecular flexibility index (Phi) is 5.30. The number of ketones is 1. The summed E-state index contributed by atoms with van der Waals surface area (Å²) in [5.74, 6) is 0.256. The molecule has 2 aliphatic rings. The maximum absolute atomic E-state index is 12.7. The van der Waals surface area contributed by atoms with Crippen molar-refractivity contribution in [1.82, 2.24) is 15.1 Å². The topological polar surface area (TPSA) is 52.7 Å². The molecular weight excluding hydrogens is 314 g/mol. The average Bonchev–Trinajstić information content (AvgIpc) is 2.62. The summed E-state index contributed by atoms with van der Waals surface area (Å²) in [6.07, 6.45) is 2.83. The van der Waals surface area contributed by atoms with Gasteiger partial charge in [-0.25, -0.2) is 0 Å². The summed E-state index contributed by atoms with van der Waals surface area (Å²) < 4.78 is 0. The predicted octanol–water partition coefficient (Wildman–Crippen LogP) is 1.62. The number of hydrogen-bond donors (Lipinski definition) is 1. The highest BCUT2D eigenvalue weighted by atomic mass is 35.5. The summed E-state index contributed by atoms with van der Waals surface area (Å²) in [5.41, 5.74) is 0.742. The van der Waals surface area contributed by atoms with Crippen molar-refractivity contribution in [2.24, 2.45) is 5.92 Å². The van der Waals surface area contributed by atoms with Crippen LogP contribution in [0.25, 0.3) is 0 Å². The molecule has 1 aromatic rings. The fourth-order valence-corrected chi connectivity index (χ4v) is 3.54. The van der Waals surface area contributed by atoms with Gasteiger partial charge in [0.25, 0.3) is 0 Å². The van der Waals surface area contributed by atoms with E-state index in [0.717, 1.165) is 57.5 Å². The second kappa shape index (κ2) is 7.43. The smallest absolute Gasteiger partial charge is 0.209 e. The van der Waals surface area contributed by atoms with Crippen molar-refractivity contribution in [2.75, 3.05) is 32.7 Å². The molecule has 1 amide bonds. The van der Waals surface area contributed by atoms with Crippen molar-refractivity contribution in [1.29, 1.82) is 0 Å². The third-order valence-electron chi connectivity index (χ3n) is 4.82. The number of piperidine rings is 1. The number of halogens is 1. The monoisotopic (exact) mass is 335 g/mol. The number of carbonyl (C=O) groups excluding carboxylic acids is 2. The van der Waals surface area contributed by atoms with Gasteiger partial charge in [0.1, 0.15) is 0 Å². The van der Waals surface area contributed by atoms with Crippen LogP contribution in [0, 0.1) is 5.92 Å². The van der Waals surface area contributed by atoms with E-state index in [4.69, 9.17) is 11.6 Å². The van der Waals surface area contributed by atoms with Crippen LogP contribution in [-0.4, -0.2) is 60.9 Å². The Morgan fingerprint density at radius 3 is 2.52 bits per heavy atom. The third-order valence-corrected chi connectivity index (χ3v) is 5.07. The molecule has 23 heavy (non-hydrogen) atoms. The van der Waals surface area contributed by atoms with E-state index in [0.29, 0.717) is 5.02 Å². The molecule has 2 atom stereocenters. The lowest BCUT2D eigenvalue weighted by atomic mass is 9.87. The Morgan fingerprint density at radius 2 is 1.87 bits per heavy atom. The highest BCUT2D eigenvalue weighted by Crippen LogP contribution is 2.24. The van der Waals surface area contributed by atoms with E-state index in [1.165, 1.54) is 0 Å². The Morgan fingerprint density at radius 1 is 1.17 bits per heavy atom. The number of rotatable bonds is 4. The van der Waals surface area contributed by atoms with E-state index >= 15 is 0 Å². The first kappa shape index (κ1) is 16.4. The summed E-state index contributed by atoms with van der Waals surface area (Å²) in [6.45, 7) is 4.09. The quantitative estimate of drug-likeness (QED) is 0.671. The van der Waals surface area contributed by atoms with Crippen molar-refractivity contribution < 1.29 is 9.59 Å². The zero-order valence-corrected chi connectivity index (χ0v) is 13.8. The minimum atomic E-state index is 0.0477. The first-order valence-electron chi connectivity index (χ1n) is 8.14. The van der Waals surface area contributed by atoms with Gasteiger partial charge in [-0.2, -0.15) is 0 Å². The first-order chi connectivity index (χ1) is 11.2. The van der Waals surface area contributed by atoms with E-state index in [2.05, 4.69) is 10.2 Å². The molecule has 2 saturated heterocycles. The van der Waals surface area contributed by atoms with Gasteiger partial charge in [-0.3, -0.25) is 14.5 Å². The molecule has 2 aliphatic heterocycles. The molecule has 1 aromatic carbocycles. The van der Waals surface area contributed by atoms with Crippen LogP contribution in [0.4, 0.5) is 0 Å². The summed E-state index contributed by atoms with van der Waals surface area (Å²) in [4.78, 5) is 27.6. The largest absolute Gasteiger partial charge is 0.343 e. The number of Topliss-reactive ketones (excluding diaryl/α,β-unsaturated/α-hetero) is 1. The van der Waals surface area contributed by atoms with E-state index in [1.54, 1.807) is 17.0 Å². The molecule has 0 aromatic heterocycles. The molecule has 0 bridgehead atoms. The summed E-state index contributed by atoms with van der Waals surface area (Å²) in [7, 11) is 0. The van der Waals surface area contributed by atoms with E-state index in [-0.39, 0.29) is 17.9 Å². The number of benzene rings is 1. The number of piperazine rings is 1. The lowest BCUT2D eigenvalue weighted by molar-refractivity contribution is -0.120. The summed E-state index contributed by atoms with van der Waals surface area (Å²) in [5, 5.41) is 4.16. The van der Waals surface area contributed by atoms with Gasteiger partial charge in [0, 0.05) is 42.7 Å². The Labute approximate surface area is 141 Å². The highest BCUT2D eigenvalue weighted by molar-refractivity contribution is 6.30. The minimum Gasteiger partial charge on any atom is -0.343 e. The molecule has 5 nitrogen and oxygen atoms in total. The zero-order chi connectivity index (χ0) is 16.2. The van der Waals surface area contributed by atoms with Crippen LogP contribution in [0.15, 0.2) is 24.3 Å². The molecule has 2 unspecified atom stereocenters. The molecule has 0 spiro atoms. The number of nitrogens with zero attached hydrogens (tertiary/aromatic N) is 2. The van der Waals surface area contributed by atoms with Gasteiger partial charge in [-0.15, -0.1) is 0 Å². The second-order valence-electron chi connectivity index (χ2n) is 6.24. The van der Waals surface area contributed by atoms with E-state index < -0.39 is 0 Å². The summed E-state index contributed by atoms with van der Waals surface area (Å²) in [6, 6.07) is 7.16. The number of hydrogen-bond acceptors (Lipinski definition) is 4. The standard InChI is InChI=1S/C17H22ClN3O2/c18-15-3-1-13(2-4-15)17(23)14-5-6-19-16(11-14)21-9-7-20(12-22)8-10-21/h1-4,12,14,16,19H,5-11H2. The highest BCUT2D eigenvalue weighted by Gasteiger charge is 2.32. The molecule has 6 heteroatoms. The fourth-order valence-electron chi connectivity index (χ4n) is 3.42. The summed E-state index contributed by atoms with van der Waals surface area (Å²) >= 11 is 5.89. The lowest BCUT2D eigenvalue weighted by Crippen LogP contribution is -2.57. The molecule has 1 N–H and O–H groups in total. The molecule has 124 valence electrons. The zero-order valence-electron chi connectivity index (χ0n) is 13.1. The van der Waals surface area contributed by atoms with Crippen molar-refractivity contribution >= 4 is 23.8 Å². The average molecular weight is 336 g/mol. The lowest BCUT2D eigenvalue weighted by Gasteiger charge is -2.41. The van der Waals surface area contributed by atoms with Gasteiger partial charge in [0.15, 0.2) is 5.78 Å². The fraction of sp³-hybridized carbons (Fsp3) is 0.529. The maximum atomic E-state index is 12.7. The molecule has 2 heterocycles. The number of amides is 1. The van der Waals surface area contributed by atoms with Crippen LogP contribution in [0.2, 0.25) is 5.02 Å². The van der Waals surface area contributed by atoms with E-state index in [9.17, 15) is 9.59 Å². The number of carbonyl (C=O) groups is 2. The van der Waals surface area contributed by atoms with Crippen molar-refractivity contribution in [3.63, 3.8) is 0 Å². The van der Waals surface area contributed by atoms with Crippen LogP contribution in [0.3, 0.4) is 0 Å². The second-order valence-corrected chi connectivity index (χ2v) is 6.68. The van der Waals surface area contributed by atoms with Crippen molar-refractivity contribution in [2.45, 2.75) is 19.0 Å². The third kappa shape index (κ3) is 3.91. The van der Waals surface area contributed by atoms with Gasteiger partial charge < -0.3 is 10.2 Å². The van der Waals surface area contributed by atoms with E-state index in [1.807, 2.05) is 12.1 Å². The normalized spacial score (nSPS) is 26.0. The molecule has 0 saturated carbocycles. The Hall–Kier alpha value is -1.43. The van der Waals surface area contributed by atoms with Gasteiger partial charge >= 0.3 is 0 Å². The van der Waals surface area contributed by atoms with Gasteiger partial charge in [-0.1, -0.05) is 11.6 Å². The van der Waals surface area contributed by atoms with Crippen LogP contribution in [0.1, 0.15) is 23.2 Å². The molecule has 2 fully saturated rings. The molecule has 3 rings (SSSR count). The van der Waals surface area contributed by atoms with Crippen LogP contribution in [-0.2, 0) is 4.79 Å². The van der Waals surface area contributed by atoms with Crippen LogP contribution < -0.4 is 5.32 Å². The Balaban J connectivity index is 1.60. The van der Waals surface area contributed by atoms with Gasteiger partial charge in [0.05, 0.1) is 6.17 Å². The van der Waals surface area contributed by atoms with Gasteiger partial charge in [0.2, 0.25) is 6.41 Å². The van der Waals surface area contributed by atoms with Crippen LogP contribution >= 0.6 is 11.6 Å². The van der Waals surface area contributed by atoms with Crippen molar-refractivity contribution in [3.05, 3.63) is 34.9 Å². The van der Waals surface area contributed by atoms with Crippen molar-refractivity contribution in [3.8, 4) is 0 Å². The number of nitrogens with one attached hydrogen (secondary N) is 1. The molecule has 0 aliphatic carbocycles. The maximum Gasteiger partial charge on any atom is 0.209 e. The first-order valence-corrected chi connectivity index (χ1v) is 8.52. The SMILES string of the molecule is O=CN1CCN(C2CC(C(=O)c3ccc(Cl)cc3)CCN2)CC1. The molecule has 0 radical (unpaired) electrons. The van der Waals surface area contributed by atoms with Crippen LogP contribution in [0.5, 0.6) is 0 Å². The molecular formula is C17H22ClN3O2. The Bertz CT molecular complexity index is 555. The van der Waals surface area contributed by atoms with Gasteiger partial charge in [-0.05, 0) is 43.7 Å². The minimum absolute atomic E-state index is 0.0477. The predicted molar refractivity (Wildman–Crippen MR) is 89.5 cm³/mol.